The lowest BCUT2D eigenvalue weighted by molar-refractivity contribution is 0.0489. The molecule has 1 aromatic carbocycles. The minimum atomic E-state index is -0.637. The SMILES string of the molecule is CCOC(=O)c1oc2cc(OC)ccc2c(=O)c1C. The molecule has 0 aliphatic carbocycles. The number of carbonyl (C=O) groups is 1. The molecule has 2 rings (SSSR count). The predicted molar refractivity (Wildman–Crippen MR) is 69.7 cm³/mol. The Morgan fingerprint density at radius 3 is 2.74 bits per heavy atom. The van der Waals surface area contributed by atoms with Gasteiger partial charge in [0.2, 0.25) is 5.76 Å². The molecule has 2 aromatic rings. The molecule has 0 radical (unpaired) electrons. The van der Waals surface area contributed by atoms with Crippen molar-refractivity contribution in [1.29, 1.82) is 0 Å². The number of benzene rings is 1. The molecule has 0 spiro atoms. The van der Waals surface area contributed by atoms with Crippen LogP contribution in [0.5, 0.6) is 5.75 Å². The molecule has 0 saturated heterocycles. The van der Waals surface area contributed by atoms with Gasteiger partial charge in [-0.1, -0.05) is 0 Å². The zero-order chi connectivity index (χ0) is 14.0. The van der Waals surface area contributed by atoms with Gasteiger partial charge in [0.15, 0.2) is 5.43 Å². The third-order valence-corrected chi connectivity index (χ3v) is 2.79. The Morgan fingerprint density at radius 1 is 1.37 bits per heavy atom. The molecule has 0 bridgehead atoms. The van der Waals surface area contributed by atoms with Crippen molar-refractivity contribution in [3.8, 4) is 5.75 Å². The molecule has 0 saturated carbocycles. The van der Waals surface area contributed by atoms with Crippen LogP contribution in [0.15, 0.2) is 27.4 Å². The molecule has 1 aromatic heterocycles. The molecule has 1 heterocycles. The molecular weight excluding hydrogens is 248 g/mol. The quantitative estimate of drug-likeness (QED) is 0.794. The summed E-state index contributed by atoms with van der Waals surface area (Å²) in [4.78, 5) is 23.9. The molecule has 0 aliphatic rings. The van der Waals surface area contributed by atoms with E-state index < -0.39 is 5.97 Å². The van der Waals surface area contributed by atoms with Crippen molar-refractivity contribution in [1.82, 2.24) is 0 Å². The minimum absolute atomic E-state index is 0.0624. The summed E-state index contributed by atoms with van der Waals surface area (Å²) in [6.45, 7) is 3.45. The van der Waals surface area contributed by atoms with Crippen LogP contribution in [0.3, 0.4) is 0 Å². The van der Waals surface area contributed by atoms with Crippen LogP contribution in [0.1, 0.15) is 23.0 Å². The average molecular weight is 262 g/mol. The third kappa shape index (κ3) is 2.31. The summed E-state index contributed by atoms with van der Waals surface area (Å²) >= 11 is 0. The second kappa shape index (κ2) is 5.14. The van der Waals surface area contributed by atoms with Gasteiger partial charge in [-0.05, 0) is 26.0 Å². The molecule has 0 atom stereocenters. The fourth-order valence-corrected chi connectivity index (χ4v) is 1.78. The van der Waals surface area contributed by atoms with Crippen molar-refractivity contribution >= 4 is 16.9 Å². The van der Waals surface area contributed by atoms with Crippen molar-refractivity contribution in [2.24, 2.45) is 0 Å². The van der Waals surface area contributed by atoms with Gasteiger partial charge in [-0.25, -0.2) is 4.79 Å². The lowest BCUT2D eigenvalue weighted by atomic mass is 10.1. The molecule has 0 N–H and O–H groups in total. The van der Waals surface area contributed by atoms with E-state index in [9.17, 15) is 9.59 Å². The zero-order valence-electron chi connectivity index (χ0n) is 11.0. The van der Waals surface area contributed by atoms with Gasteiger partial charge < -0.3 is 13.9 Å². The average Bonchev–Trinajstić information content (AvgIpc) is 2.42. The van der Waals surface area contributed by atoms with E-state index >= 15 is 0 Å². The van der Waals surface area contributed by atoms with Crippen LogP contribution < -0.4 is 10.2 Å². The van der Waals surface area contributed by atoms with Crippen LogP contribution in [0, 0.1) is 6.92 Å². The normalized spacial score (nSPS) is 10.5. The molecule has 0 fully saturated rings. The number of hydrogen-bond donors (Lipinski definition) is 0. The summed E-state index contributed by atoms with van der Waals surface area (Å²) in [5.41, 5.74) is 0.307. The summed E-state index contributed by atoms with van der Waals surface area (Å²) < 4.78 is 15.4. The first-order valence-corrected chi connectivity index (χ1v) is 5.87. The topological polar surface area (TPSA) is 65.7 Å². The van der Waals surface area contributed by atoms with Crippen molar-refractivity contribution in [3.63, 3.8) is 0 Å². The van der Waals surface area contributed by atoms with Crippen molar-refractivity contribution in [2.45, 2.75) is 13.8 Å². The number of rotatable bonds is 3. The maximum absolute atomic E-state index is 12.1. The van der Waals surface area contributed by atoms with E-state index in [1.54, 1.807) is 32.0 Å². The highest BCUT2D eigenvalue weighted by Crippen LogP contribution is 2.21. The fourth-order valence-electron chi connectivity index (χ4n) is 1.78. The lowest BCUT2D eigenvalue weighted by Gasteiger charge is -2.07. The van der Waals surface area contributed by atoms with Gasteiger partial charge in [0, 0.05) is 11.6 Å². The largest absolute Gasteiger partial charge is 0.497 e. The standard InChI is InChI=1S/C14H14O5/c1-4-18-14(16)13-8(2)12(15)10-6-5-9(17-3)7-11(10)19-13/h5-7H,4H2,1-3H3. The number of carbonyl (C=O) groups excluding carboxylic acids is 1. The number of esters is 1. The third-order valence-electron chi connectivity index (χ3n) is 2.79. The Bertz CT molecular complexity index is 684. The van der Waals surface area contributed by atoms with E-state index in [-0.39, 0.29) is 23.4 Å². The maximum atomic E-state index is 12.1. The van der Waals surface area contributed by atoms with Crippen LogP contribution in [-0.4, -0.2) is 19.7 Å². The highest BCUT2D eigenvalue weighted by atomic mass is 16.5. The van der Waals surface area contributed by atoms with Gasteiger partial charge in [0.25, 0.3) is 0 Å². The van der Waals surface area contributed by atoms with Crippen LogP contribution in [0.2, 0.25) is 0 Å². The second-order valence-electron chi connectivity index (χ2n) is 3.97. The molecule has 100 valence electrons. The summed E-state index contributed by atoms with van der Waals surface area (Å²) in [6.07, 6.45) is 0. The van der Waals surface area contributed by atoms with Crippen LogP contribution in [-0.2, 0) is 4.74 Å². The van der Waals surface area contributed by atoms with Crippen molar-refractivity contribution in [2.75, 3.05) is 13.7 Å². The van der Waals surface area contributed by atoms with E-state index in [4.69, 9.17) is 13.9 Å². The molecule has 19 heavy (non-hydrogen) atoms. The summed E-state index contributed by atoms with van der Waals surface area (Å²) in [5.74, 6) is -0.149. The van der Waals surface area contributed by atoms with Crippen LogP contribution in [0.4, 0.5) is 0 Å². The Balaban J connectivity index is 2.70. The van der Waals surface area contributed by atoms with E-state index in [0.29, 0.717) is 16.7 Å². The van der Waals surface area contributed by atoms with Crippen LogP contribution in [0.25, 0.3) is 11.0 Å². The first-order chi connectivity index (χ1) is 9.08. The van der Waals surface area contributed by atoms with Crippen molar-refractivity contribution in [3.05, 3.63) is 39.7 Å². The highest BCUT2D eigenvalue weighted by Gasteiger charge is 2.18. The first-order valence-electron chi connectivity index (χ1n) is 5.87. The van der Waals surface area contributed by atoms with Gasteiger partial charge in [0.05, 0.1) is 19.1 Å². The molecule has 5 heteroatoms. The second-order valence-corrected chi connectivity index (χ2v) is 3.97. The predicted octanol–water partition coefficient (Wildman–Crippen LogP) is 2.29. The van der Waals surface area contributed by atoms with Crippen LogP contribution >= 0.6 is 0 Å². The monoisotopic (exact) mass is 262 g/mol. The van der Waals surface area contributed by atoms with Gasteiger partial charge in [-0.15, -0.1) is 0 Å². The molecule has 5 nitrogen and oxygen atoms in total. The Hall–Kier alpha value is -2.30. The minimum Gasteiger partial charge on any atom is -0.497 e. The first kappa shape index (κ1) is 13.1. The number of fused-ring (bicyclic) bond motifs is 1. The van der Waals surface area contributed by atoms with Gasteiger partial charge in [-0.2, -0.15) is 0 Å². The highest BCUT2D eigenvalue weighted by molar-refractivity contribution is 5.91. The zero-order valence-corrected chi connectivity index (χ0v) is 11.0. The molecule has 0 aliphatic heterocycles. The Labute approximate surface area is 109 Å². The van der Waals surface area contributed by atoms with Gasteiger partial charge in [0.1, 0.15) is 11.3 Å². The van der Waals surface area contributed by atoms with E-state index in [0.717, 1.165) is 0 Å². The molecular formula is C14H14O5. The van der Waals surface area contributed by atoms with Gasteiger partial charge >= 0.3 is 5.97 Å². The molecule has 0 amide bonds. The van der Waals surface area contributed by atoms with E-state index in [1.807, 2.05) is 0 Å². The van der Waals surface area contributed by atoms with Gasteiger partial charge in [-0.3, -0.25) is 4.79 Å². The van der Waals surface area contributed by atoms with E-state index in [1.165, 1.54) is 7.11 Å². The fraction of sp³-hybridized carbons (Fsp3) is 0.286. The summed E-state index contributed by atoms with van der Waals surface area (Å²) in [5, 5.41) is 0.409. The summed E-state index contributed by atoms with van der Waals surface area (Å²) in [6, 6.07) is 4.85. The van der Waals surface area contributed by atoms with E-state index in [2.05, 4.69) is 0 Å². The number of ether oxygens (including phenoxy) is 2. The Morgan fingerprint density at radius 2 is 2.11 bits per heavy atom. The Kier molecular flexibility index (Phi) is 3.55. The summed E-state index contributed by atoms with van der Waals surface area (Å²) in [7, 11) is 1.51. The molecule has 0 unspecified atom stereocenters. The number of methoxy groups -OCH3 is 1. The maximum Gasteiger partial charge on any atom is 0.374 e. The number of hydrogen-bond acceptors (Lipinski definition) is 5. The smallest absolute Gasteiger partial charge is 0.374 e. The van der Waals surface area contributed by atoms with Crippen molar-refractivity contribution < 1.29 is 18.7 Å². The lowest BCUT2D eigenvalue weighted by Crippen LogP contribution is -2.15.